The first-order chi connectivity index (χ1) is 15.7. The van der Waals surface area contributed by atoms with Crippen molar-refractivity contribution < 1.29 is 14.2 Å². The molecule has 32 heavy (non-hydrogen) atoms. The standard InChI is InChI=1S/C24H28N4O4/c1-30-12-13-32-22-14-17(5-6-21(22)31-2)16-28-10-7-19-20(8-11-28)26-23(27-24(19)29)18-4-3-9-25-15-18/h3-6,9,14-15H,7-8,10-13,16H2,1-2H3,(H,26,27,29). The molecule has 1 aliphatic heterocycles. The lowest BCUT2D eigenvalue weighted by atomic mass is 10.1. The summed E-state index contributed by atoms with van der Waals surface area (Å²) in [5.41, 5.74) is 3.52. The van der Waals surface area contributed by atoms with Crippen LogP contribution in [0.2, 0.25) is 0 Å². The molecule has 0 saturated heterocycles. The van der Waals surface area contributed by atoms with Crippen molar-refractivity contribution >= 4 is 0 Å². The zero-order valence-electron chi connectivity index (χ0n) is 18.5. The van der Waals surface area contributed by atoms with Gasteiger partial charge in [0.15, 0.2) is 11.5 Å². The second kappa shape index (κ2) is 10.4. The highest BCUT2D eigenvalue weighted by Gasteiger charge is 2.20. The van der Waals surface area contributed by atoms with E-state index in [-0.39, 0.29) is 5.56 Å². The van der Waals surface area contributed by atoms with Gasteiger partial charge in [0.2, 0.25) is 0 Å². The van der Waals surface area contributed by atoms with Crippen molar-refractivity contribution in [2.24, 2.45) is 0 Å². The minimum Gasteiger partial charge on any atom is -0.493 e. The van der Waals surface area contributed by atoms with Crippen molar-refractivity contribution in [2.75, 3.05) is 40.5 Å². The highest BCUT2D eigenvalue weighted by molar-refractivity contribution is 5.53. The molecule has 0 saturated carbocycles. The van der Waals surface area contributed by atoms with Crippen LogP contribution in [0.4, 0.5) is 0 Å². The van der Waals surface area contributed by atoms with Crippen LogP contribution in [-0.2, 0) is 24.1 Å². The van der Waals surface area contributed by atoms with Crippen LogP contribution in [0.3, 0.4) is 0 Å². The Morgan fingerprint density at radius 3 is 2.75 bits per heavy atom. The number of hydrogen-bond acceptors (Lipinski definition) is 7. The summed E-state index contributed by atoms with van der Waals surface area (Å²) < 4.78 is 16.3. The fourth-order valence-electron chi connectivity index (χ4n) is 3.88. The van der Waals surface area contributed by atoms with E-state index in [4.69, 9.17) is 19.2 Å². The molecule has 0 fully saturated rings. The van der Waals surface area contributed by atoms with Gasteiger partial charge in [0.25, 0.3) is 5.56 Å². The third-order valence-electron chi connectivity index (χ3n) is 5.56. The molecule has 0 radical (unpaired) electrons. The maximum atomic E-state index is 12.7. The third kappa shape index (κ3) is 5.15. The van der Waals surface area contributed by atoms with Gasteiger partial charge in [0, 0.05) is 56.7 Å². The number of pyridine rings is 1. The van der Waals surface area contributed by atoms with Crippen molar-refractivity contribution in [3.8, 4) is 22.9 Å². The van der Waals surface area contributed by atoms with Gasteiger partial charge in [-0.3, -0.25) is 14.7 Å². The van der Waals surface area contributed by atoms with E-state index in [2.05, 4.69) is 14.9 Å². The minimum absolute atomic E-state index is 0.0611. The van der Waals surface area contributed by atoms with E-state index in [1.807, 2.05) is 30.3 Å². The van der Waals surface area contributed by atoms with Crippen molar-refractivity contribution in [3.05, 3.63) is 69.9 Å². The monoisotopic (exact) mass is 436 g/mol. The smallest absolute Gasteiger partial charge is 0.254 e. The number of aromatic nitrogens is 3. The van der Waals surface area contributed by atoms with Crippen LogP contribution in [0.15, 0.2) is 47.5 Å². The van der Waals surface area contributed by atoms with Crippen molar-refractivity contribution in [1.29, 1.82) is 0 Å². The molecule has 3 aromatic rings. The molecule has 0 spiro atoms. The van der Waals surface area contributed by atoms with Gasteiger partial charge in [-0.25, -0.2) is 4.98 Å². The first-order valence-corrected chi connectivity index (χ1v) is 10.7. The molecule has 0 unspecified atom stereocenters. The van der Waals surface area contributed by atoms with Gasteiger partial charge in [-0.1, -0.05) is 6.07 Å². The zero-order chi connectivity index (χ0) is 22.3. The minimum atomic E-state index is -0.0611. The predicted octanol–water partition coefficient (Wildman–Crippen LogP) is 2.47. The summed E-state index contributed by atoms with van der Waals surface area (Å²) in [6.07, 6.45) is 4.80. The summed E-state index contributed by atoms with van der Waals surface area (Å²) in [6, 6.07) is 9.72. The number of hydrogen-bond donors (Lipinski definition) is 1. The van der Waals surface area contributed by atoms with E-state index in [0.29, 0.717) is 37.0 Å². The molecule has 0 bridgehead atoms. The first-order valence-electron chi connectivity index (χ1n) is 10.7. The number of fused-ring (bicyclic) bond motifs is 1. The lowest BCUT2D eigenvalue weighted by Crippen LogP contribution is -2.26. The molecule has 0 atom stereocenters. The Balaban J connectivity index is 1.48. The quantitative estimate of drug-likeness (QED) is 0.543. The van der Waals surface area contributed by atoms with E-state index in [1.54, 1.807) is 26.6 Å². The summed E-state index contributed by atoms with van der Waals surface area (Å²) in [5.74, 6) is 1.98. The van der Waals surface area contributed by atoms with Crippen LogP contribution in [0.25, 0.3) is 11.4 Å². The molecule has 168 valence electrons. The van der Waals surface area contributed by atoms with E-state index in [0.717, 1.165) is 48.4 Å². The molecule has 1 aromatic carbocycles. The molecular weight excluding hydrogens is 408 g/mol. The predicted molar refractivity (Wildman–Crippen MR) is 121 cm³/mol. The lowest BCUT2D eigenvalue weighted by Gasteiger charge is -2.20. The molecule has 0 aliphatic carbocycles. The SMILES string of the molecule is COCCOc1cc(CN2CCc3nc(-c4cccnc4)[nH]c(=O)c3CC2)ccc1OC. The first kappa shape index (κ1) is 22.0. The van der Waals surface area contributed by atoms with Crippen LogP contribution >= 0.6 is 0 Å². The van der Waals surface area contributed by atoms with Gasteiger partial charge in [0.05, 0.1) is 19.4 Å². The number of nitrogens with one attached hydrogen (secondary N) is 1. The fourth-order valence-corrected chi connectivity index (χ4v) is 3.88. The van der Waals surface area contributed by atoms with Gasteiger partial charge in [-0.2, -0.15) is 0 Å². The Hall–Kier alpha value is -3.23. The van der Waals surface area contributed by atoms with E-state index in [9.17, 15) is 4.79 Å². The molecule has 0 amide bonds. The van der Waals surface area contributed by atoms with Gasteiger partial charge in [-0.15, -0.1) is 0 Å². The lowest BCUT2D eigenvalue weighted by molar-refractivity contribution is 0.144. The van der Waals surface area contributed by atoms with Crippen LogP contribution in [-0.4, -0.2) is 60.4 Å². The van der Waals surface area contributed by atoms with Crippen LogP contribution in [0, 0.1) is 0 Å². The molecule has 1 N–H and O–H groups in total. The van der Waals surface area contributed by atoms with Crippen LogP contribution in [0.1, 0.15) is 16.8 Å². The normalized spacial score (nSPS) is 13.9. The number of ether oxygens (including phenoxy) is 3. The number of aromatic amines is 1. The Morgan fingerprint density at radius 2 is 1.97 bits per heavy atom. The molecule has 1 aliphatic rings. The average molecular weight is 437 g/mol. The highest BCUT2D eigenvalue weighted by Crippen LogP contribution is 2.29. The second-order valence-electron chi connectivity index (χ2n) is 7.68. The maximum absolute atomic E-state index is 12.7. The maximum Gasteiger partial charge on any atom is 0.254 e. The van der Waals surface area contributed by atoms with Gasteiger partial charge < -0.3 is 19.2 Å². The topological polar surface area (TPSA) is 89.6 Å². The Labute approximate surface area is 187 Å². The summed E-state index contributed by atoms with van der Waals surface area (Å²) in [7, 11) is 3.28. The van der Waals surface area contributed by atoms with E-state index in [1.165, 1.54) is 0 Å². The van der Waals surface area contributed by atoms with Crippen LogP contribution < -0.4 is 15.0 Å². The zero-order valence-corrected chi connectivity index (χ0v) is 18.5. The summed E-state index contributed by atoms with van der Waals surface area (Å²) >= 11 is 0. The van der Waals surface area contributed by atoms with Gasteiger partial charge in [0.1, 0.15) is 12.4 Å². The Kier molecular flexibility index (Phi) is 7.14. The fraction of sp³-hybridized carbons (Fsp3) is 0.375. The van der Waals surface area contributed by atoms with Crippen molar-refractivity contribution in [1.82, 2.24) is 19.9 Å². The number of methoxy groups -OCH3 is 2. The Bertz CT molecular complexity index is 1100. The van der Waals surface area contributed by atoms with Gasteiger partial charge in [-0.05, 0) is 36.2 Å². The highest BCUT2D eigenvalue weighted by atomic mass is 16.5. The number of H-pyrrole nitrogens is 1. The number of benzene rings is 1. The number of nitrogens with zero attached hydrogens (tertiary/aromatic N) is 3. The largest absolute Gasteiger partial charge is 0.493 e. The van der Waals surface area contributed by atoms with E-state index < -0.39 is 0 Å². The third-order valence-corrected chi connectivity index (χ3v) is 5.56. The number of rotatable bonds is 8. The van der Waals surface area contributed by atoms with Crippen molar-refractivity contribution in [2.45, 2.75) is 19.4 Å². The molecule has 3 heterocycles. The summed E-state index contributed by atoms with van der Waals surface area (Å²) in [4.78, 5) is 26.9. The van der Waals surface area contributed by atoms with Gasteiger partial charge >= 0.3 is 0 Å². The average Bonchev–Trinajstić information content (AvgIpc) is 3.03. The van der Waals surface area contributed by atoms with E-state index >= 15 is 0 Å². The summed E-state index contributed by atoms with van der Waals surface area (Å²) in [6.45, 7) is 3.34. The molecule has 2 aromatic heterocycles. The summed E-state index contributed by atoms with van der Waals surface area (Å²) in [5, 5.41) is 0. The molecule has 4 rings (SSSR count). The molecule has 8 heteroatoms. The Morgan fingerprint density at radius 1 is 1.09 bits per heavy atom. The van der Waals surface area contributed by atoms with Crippen LogP contribution in [0.5, 0.6) is 11.5 Å². The molecule has 8 nitrogen and oxygen atoms in total. The second-order valence-corrected chi connectivity index (χ2v) is 7.68. The van der Waals surface area contributed by atoms with Crippen molar-refractivity contribution in [3.63, 3.8) is 0 Å². The molecular formula is C24H28N4O4.